The molecule has 94 valence electrons. The van der Waals surface area contributed by atoms with E-state index in [1.54, 1.807) is 28.9 Å². The molecule has 0 aliphatic rings. The zero-order valence-corrected chi connectivity index (χ0v) is 10.0. The fourth-order valence-corrected chi connectivity index (χ4v) is 1.58. The third-order valence-electron chi connectivity index (χ3n) is 2.52. The molecule has 0 saturated carbocycles. The second kappa shape index (κ2) is 5.66. The molecule has 1 heterocycles. The summed E-state index contributed by atoms with van der Waals surface area (Å²) < 4.78 is 7.28. The van der Waals surface area contributed by atoms with Gasteiger partial charge in [-0.15, -0.1) is 0 Å². The molecule has 0 radical (unpaired) electrons. The van der Waals surface area contributed by atoms with Crippen LogP contribution in [0.15, 0.2) is 30.6 Å². The van der Waals surface area contributed by atoms with Gasteiger partial charge in [-0.25, -0.2) is 9.67 Å². The highest BCUT2D eigenvalue weighted by Crippen LogP contribution is 2.09. The van der Waals surface area contributed by atoms with E-state index in [0.717, 1.165) is 12.4 Å². The van der Waals surface area contributed by atoms with Gasteiger partial charge in [0, 0.05) is 6.54 Å². The molecule has 0 atom stereocenters. The maximum absolute atomic E-state index is 9.06. The van der Waals surface area contributed by atoms with Gasteiger partial charge in [0.1, 0.15) is 18.7 Å². The van der Waals surface area contributed by atoms with Crippen molar-refractivity contribution in [1.29, 1.82) is 0 Å². The summed E-state index contributed by atoms with van der Waals surface area (Å²) in [6, 6.07) is 6.65. The molecule has 18 heavy (non-hydrogen) atoms. The van der Waals surface area contributed by atoms with Crippen LogP contribution >= 0.6 is 0 Å². The largest absolute Gasteiger partial charge is 0.488 e. The normalized spacial score (nSPS) is 10.4. The zero-order chi connectivity index (χ0) is 13.0. The first-order chi connectivity index (χ1) is 8.70. The molecule has 0 aliphatic heterocycles. The third-order valence-corrected chi connectivity index (χ3v) is 2.52. The Kier molecular flexibility index (Phi) is 3.96. The van der Waals surface area contributed by atoms with Gasteiger partial charge < -0.3 is 14.8 Å². The first kappa shape index (κ1) is 12.6. The predicted octanol–water partition coefficient (Wildman–Crippen LogP) is -0.443. The van der Waals surface area contributed by atoms with Crippen LogP contribution in [0, 0.1) is 0 Å². The Morgan fingerprint density at radius 3 is 2.94 bits per heavy atom. The number of ether oxygens (including phenoxy) is 1. The minimum atomic E-state index is -1.49. The van der Waals surface area contributed by atoms with Crippen LogP contribution in [0.25, 0.3) is 0 Å². The lowest BCUT2D eigenvalue weighted by Crippen LogP contribution is -2.29. The second-order valence-electron chi connectivity index (χ2n) is 3.73. The molecule has 7 heteroatoms. The van der Waals surface area contributed by atoms with Crippen LogP contribution in [-0.2, 0) is 13.2 Å². The quantitative estimate of drug-likeness (QED) is 0.700. The standard InChI is InChI=1S/C11H14BN3O3/c1-2-15-11(13-8-14-15)7-18-10-5-3-4-9(6-10)12(16)17/h3-6,8,16-17H,2,7H2,1H3. The summed E-state index contributed by atoms with van der Waals surface area (Å²) >= 11 is 0. The van der Waals surface area contributed by atoms with Gasteiger partial charge in [-0.05, 0) is 24.5 Å². The Morgan fingerprint density at radius 2 is 2.22 bits per heavy atom. The van der Waals surface area contributed by atoms with E-state index in [1.807, 2.05) is 6.92 Å². The Morgan fingerprint density at radius 1 is 1.39 bits per heavy atom. The average Bonchev–Trinajstić information content (AvgIpc) is 2.84. The van der Waals surface area contributed by atoms with Crippen molar-refractivity contribution in [2.75, 3.05) is 0 Å². The molecule has 0 unspecified atom stereocenters. The van der Waals surface area contributed by atoms with Gasteiger partial charge in [0.15, 0.2) is 5.82 Å². The van der Waals surface area contributed by atoms with Crippen molar-refractivity contribution in [1.82, 2.24) is 14.8 Å². The Hall–Kier alpha value is -1.86. The molecule has 0 bridgehead atoms. The van der Waals surface area contributed by atoms with E-state index in [9.17, 15) is 0 Å². The number of aryl methyl sites for hydroxylation is 1. The molecule has 0 aliphatic carbocycles. The van der Waals surface area contributed by atoms with Crippen molar-refractivity contribution in [3.05, 3.63) is 36.4 Å². The highest BCUT2D eigenvalue weighted by Gasteiger charge is 2.11. The van der Waals surface area contributed by atoms with Crippen molar-refractivity contribution in [3.63, 3.8) is 0 Å². The van der Waals surface area contributed by atoms with Crippen LogP contribution < -0.4 is 10.2 Å². The van der Waals surface area contributed by atoms with E-state index in [1.165, 1.54) is 6.33 Å². The summed E-state index contributed by atoms with van der Waals surface area (Å²) in [5.74, 6) is 1.29. The number of hydrogen-bond donors (Lipinski definition) is 2. The van der Waals surface area contributed by atoms with Gasteiger partial charge in [0.2, 0.25) is 0 Å². The molecular weight excluding hydrogens is 233 g/mol. The van der Waals surface area contributed by atoms with Gasteiger partial charge in [0.25, 0.3) is 0 Å². The third kappa shape index (κ3) is 2.88. The molecule has 0 fully saturated rings. The van der Waals surface area contributed by atoms with Crippen LogP contribution in [-0.4, -0.2) is 31.9 Å². The molecule has 0 amide bonds. The first-order valence-corrected chi connectivity index (χ1v) is 5.66. The van der Waals surface area contributed by atoms with E-state index < -0.39 is 7.12 Å². The fourth-order valence-electron chi connectivity index (χ4n) is 1.58. The van der Waals surface area contributed by atoms with E-state index in [-0.39, 0.29) is 0 Å². The highest BCUT2D eigenvalue weighted by atomic mass is 16.5. The van der Waals surface area contributed by atoms with Crippen LogP contribution in [0.2, 0.25) is 0 Å². The number of hydrogen-bond acceptors (Lipinski definition) is 5. The van der Waals surface area contributed by atoms with Crippen LogP contribution in [0.1, 0.15) is 12.7 Å². The molecular formula is C11H14BN3O3. The summed E-state index contributed by atoms with van der Waals surface area (Å²) in [5, 5.41) is 22.2. The second-order valence-corrected chi connectivity index (χ2v) is 3.73. The van der Waals surface area contributed by atoms with E-state index in [0.29, 0.717) is 17.8 Å². The molecule has 1 aromatic carbocycles. The zero-order valence-electron chi connectivity index (χ0n) is 10.0. The molecule has 2 aromatic rings. The Balaban J connectivity index is 2.04. The SMILES string of the molecule is CCn1ncnc1COc1cccc(B(O)O)c1. The monoisotopic (exact) mass is 247 g/mol. The average molecular weight is 247 g/mol. The molecule has 0 spiro atoms. The number of benzene rings is 1. The summed E-state index contributed by atoms with van der Waals surface area (Å²) in [7, 11) is -1.49. The van der Waals surface area contributed by atoms with Gasteiger partial charge >= 0.3 is 7.12 Å². The molecule has 0 saturated heterocycles. The van der Waals surface area contributed by atoms with Crippen molar-refractivity contribution in [3.8, 4) is 5.75 Å². The predicted molar refractivity (Wildman–Crippen MR) is 66.3 cm³/mol. The lowest BCUT2D eigenvalue weighted by atomic mass is 9.80. The van der Waals surface area contributed by atoms with Gasteiger partial charge in [0.05, 0.1) is 0 Å². The molecule has 2 rings (SSSR count). The summed E-state index contributed by atoms with van der Waals surface area (Å²) in [6.45, 7) is 2.99. The van der Waals surface area contributed by atoms with Crippen molar-refractivity contribution in [2.45, 2.75) is 20.1 Å². The minimum Gasteiger partial charge on any atom is -0.486 e. The van der Waals surface area contributed by atoms with Crippen molar-refractivity contribution < 1.29 is 14.8 Å². The van der Waals surface area contributed by atoms with E-state index in [4.69, 9.17) is 14.8 Å². The van der Waals surface area contributed by atoms with Crippen LogP contribution in [0.5, 0.6) is 5.75 Å². The van der Waals surface area contributed by atoms with Crippen molar-refractivity contribution >= 4 is 12.6 Å². The van der Waals surface area contributed by atoms with Crippen LogP contribution in [0.4, 0.5) is 0 Å². The van der Waals surface area contributed by atoms with E-state index in [2.05, 4.69) is 10.1 Å². The maximum Gasteiger partial charge on any atom is 0.488 e. The van der Waals surface area contributed by atoms with E-state index >= 15 is 0 Å². The summed E-state index contributed by atoms with van der Waals surface area (Å²) in [6.07, 6.45) is 1.48. The lowest BCUT2D eigenvalue weighted by Gasteiger charge is -2.08. The summed E-state index contributed by atoms with van der Waals surface area (Å²) in [5.41, 5.74) is 0.393. The molecule has 6 nitrogen and oxygen atoms in total. The number of rotatable bonds is 5. The lowest BCUT2D eigenvalue weighted by molar-refractivity contribution is 0.287. The molecule has 2 N–H and O–H groups in total. The van der Waals surface area contributed by atoms with Gasteiger partial charge in [-0.3, -0.25) is 0 Å². The smallest absolute Gasteiger partial charge is 0.486 e. The first-order valence-electron chi connectivity index (χ1n) is 5.66. The number of aromatic nitrogens is 3. The maximum atomic E-state index is 9.06. The molecule has 1 aromatic heterocycles. The minimum absolute atomic E-state index is 0.290. The fraction of sp³-hybridized carbons (Fsp3) is 0.273. The van der Waals surface area contributed by atoms with Crippen molar-refractivity contribution in [2.24, 2.45) is 0 Å². The summed E-state index contributed by atoms with van der Waals surface area (Å²) in [4.78, 5) is 4.09. The van der Waals surface area contributed by atoms with Gasteiger partial charge in [-0.1, -0.05) is 12.1 Å². The van der Waals surface area contributed by atoms with Gasteiger partial charge in [-0.2, -0.15) is 5.10 Å². The topological polar surface area (TPSA) is 80.4 Å². The van der Waals surface area contributed by atoms with Crippen LogP contribution in [0.3, 0.4) is 0 Å². The highest BCUT2D eigenvalue weighted by molar-refractivity contribution is 6.58. The Labute approximate surface area is 105 Å². The number of nitrogens with zero attached hydrogens (tertiary/aromatic N) is 3. The Bertz CT molecular complexity index is 516.